The lowest BCUT2D eigenvalue weighted by Crippen LogP contribution is -2.15. The first kappa shape index (κ1) is 15.2. The maximum atomic E-state index is 12.9. The molecule has 0 saturated heterocycles. The Labute approximate surface area is 117 Å². The van der Waals surface area contributed by atoms with Crippen molar-refractivity contribution in [2.45, 2.75) is 11.1 Å². The van der Waals surface area contributed by atoms with Crippen LogP contribution >= 0.6 is 0 Å². The van der Waals surface area contributed by atoms with Gasteiger partial charge in [-0.2, -0.15) is 17.6 Å². The second-order valence-corrected chi connectivity index (χ2v) is 5.66. The number of anilines is 1. The number of hydrogen-bond acceptors (Lipinski definition) is 3. The Morgan fingerprint density at radius 3 is 2.33 bits per heavy atom. The van der Waals surface area contributed by atoms with E-state index in [0.29, 0.717) is 6.07 Å². The molecule has 2 rings (SSSR count). The van der Waals surface area contributed by atoms with E-state index in [1.807, 2.05) is 4.72 Å². The molecule has 1 heterocycles. The second kappa shape index (κ2) is 5.32. The highest BCUT2D eigenvalue weighted by Gasteiger charge is 2.31. The predicted molar refractivity (Wildman–Crippen MR) is 66.4 cm³/mol. The lowest BCUT2D eigenvalue weighted by molar-refractivity contribution is -0.137. The third-order valence-electron chi connectivity index (χ3n) is 2.43. The zero-order valence-electron chi connectivity index (χ0n) is 10.2. The van der Waals surface area contributed by atoms with Crippen LogP contribution in [0, 0.1) is 5.95 Å². The first-order valence-electron chi connectivity index (χ1n) is 5.51. The standard InChI is InChI=1S/C12H8F4N2O2S/c13-10-5-2-6-11(17-10)18-21(19,20)9-4-1-3-8(7-9)12(14,15)16/h1-7H,(H,17,18). The van der Waals surface area contributed by atoms with E-state index in [4.69, 9.17) is 0 Å². The number of sulfonamides is 1. The maximum Gasteiger partial charge on any atom is 0.416 e. The summed E-state index contributed by atoms with van der Waals surface area (Å²) in [5, 5.41) is 0. The van der Waals surface area contributed by atoms with Crippen LogP contribution in [0.2, 0.25) is 0 Å². The van der Waals surface area contributed by atoms with Gasteiger partial charge in [-0.05, 0) is 30.3 Å². The van der Waals surface area contributed by atoms with Gasteiger partial charge >= 0.3 is 6.18 Å². The van der Waals surface area contributed by atoms with E-state index in [-0.39, 0.29) is 5.82 Å². The van der Waals surface area contributed by atoms with Gasteiger partial charge in [-0.25, -0.2) is 13.4 Å². The van der Waals surface area contributed by atoms with E-state index in [0.717, 1.165) is 24.3 Å². The van der Waals surface area contributed by atoms with E-state index in [1.165, 1.54) is 12.1 Å². The number of nitrogens with zero attached hydrogens (tertiary/aromatic N) is 1. The molecule has 112 valence electrons. The minimum Gasteiger partial charge on any atom is -0.263 e. The molecule has 1 aromatic heterocycles. The molecule has 0 aliphatic rings. The van der Waals surface area contributed by atoms with E-state index in [9.17, 15) is 26.0 Å². The van der Waals surface area contributed by atoms with Gasteiger partial charge in [-0.3, -0.25) is 4.72 Å². The summed E-state index contributed by atoms with van der Waals surface area (Å²) in [7, 11) is -4.29. The van der Waals surface area contributed by atoms with Crippen molar-refractivity contribution in [3.05, 3.63) is 54.0 Å². The molecule has 2 aromatic rings. The van der Waals surface area contributed by atoms with E-state index < -0.39 is 32.6 Å². The number of nitrogens with one attached hydrogen (secondary N) is 1. The topological polar surface area (TPSA) is 59.1 Å². The lowest BCUT2D eigenvalue weighted by Gasteiger charge is -2.10. The molecular formula is C12H8F4N2O2S. The van der Waals surface area contributed by atoms with E-state index in [2.05, 4.69) is 4.98 Å². The zero-order valence-corrected chi connectivity index (χ0v) is 11.0. The molecule has 0 bridgehead atoms. The van der Waals surface area contributed by atoms with Crippen LogP contribution in [-0.4, -0.2) is 13.4 Å². The van der Waals surface area contributed by atoms with Gasteiger partial charge in [0.05, 0.1) is 10.5 Å². The first-order valence-corrected chi connectivity index (χ1v) is 6.99. The van der Waals surface area contributed by atoms with Gasteiger partial charge in [0.25, 0.3) is 10.0 Å². The largest absolute Gasteiger partial charge is 0.416 e. The molecule has 0 aliphatic heterocycles. The molecule has 0 saturated carbocycles. The van der Waals surface area contributed by atoms with Crippen molar-refractivity contribution in [2.24, 2.45) is 0 Å². The van der Waals surface area contributed by atoms with Gasteiger partial charge in [0.2, 0.25) is 5.95 Å². The summed E-state index contributed by atoms with van der Waals surface area (Å²) in [4.78, 5) is 2.68. The normalized spacial score (nSPS) is 12.2. The Hall–Kier alpha value is -2.16. The number of benzene rings is 1. The molecule has 1 aromatic carbocycles. The van der Waals surface area contributed by atoms with Gasteiger partial charge < -0.3 is 0 Å². The van der Waals surface area contributed by atoms with Crippen molar-refractivity contribution in [2.75, 3.05) is 4.72 Å². The van der Waals surface area contributed by atoms with Crippen LogP contribution in [0.25, 0.3) is 0 Å². The van der Waals surface area contributed by atoms with Crippen LogP contribution in [0.4, 0.5) is 23.4 Å². The third-order valence-corrected chi connectivity index (χ3v) is 3.78. The number of aromatic nitrogens is 1. The first-order chi connectivity index (χ1) is 9.68. The highest BCUT2D eigenvalue weighted by molar-refractivity contribution is 7.92. The molecule has 1 N–H and O–H groups in total. The van der Waals surface area contributed by atoms with Gasteiger partial charge in [0.15, 0.2) is 0 Å². The van der Waals surface area contributed by atoms with Crippen LogP contribution in [0.3, 0.4) is 0 Å². The molecule has 0 unspecified atom stereocenters. The van der Waals surface area contributed by atoms with Crippen LogP contribution in [0.5, 0.6) is 0 Å². The van der Waals surface area contributed by atoms with Crippen LogP contribution in [0.15, 0.2) is 47.4 Å². The number of hydrogen-bond donors (Lipinski definition) is 1. The van der Waals surface area contributed by atoms with Crippen molar-refractivity contribution in [3.8, 4) is 0 Å². The molecule has 0 radical (unpaired) electrons. The number of rotatable bonds is 3. The number of halogens is 4. The van der Waals surface area contributed by atoms with Crippen molar-refractivity contribution in [1.29, 1.82) is 0 Å². The molecule has 0 atom stereocenters. The average molecular weight is 320 g/mol. The molecule has 4 nitrogen and oxygen atoms in total. The smallest absolute Gasteiger partial charge is 0.263 e. The summed E-state index contributed by atoms with van der Waals surface area (Å²) >= 11 is 0. The predicted octanol–water partition coefficient (Wildman–Crippen LogP) is 3.04. The molecule has 0 spiro atoms. The van der Waals surface area contributed by atoms with Gasteiger partial charge in [-0.15, -0.1) is 0 Å². The Bertz CT molecular complexity index is 760. The average Bonchev–Trinajstić information content (AvgIpc) is 2.37. The highest BCUT2D eigenvalue weighted by atomic mass is 32.2. The fourth-order valence-electron chi connectivity index (χ4n) is 1.50. The summed E-state index contributed by atoms with van der Waals surface area (Å²) in [5.41, 5.74) is -1.10. The third kappa shape index (κ3) is 3.69. The SMILES string of the molecule is O=S(=O)(Nc1cccc(F)n1)c1cccc(C(F)(F)F)c1. The number of alkyl halides is 3. The fraction of sp³-hybridized carbons (Fsp3) is 0.0833. The van der Waals surface area contributed by atoms with Gasteiger partial charge in [0.1, 0.15) is 5.82 Å². The molecule has 0 aliphatic carbocycles. The quantitative estimate of drug-likeness (QED) is 0.698. The lowest BCUT2D eigenvalue weighted by atomic mass is 10.2. The Morgan fingerprint density at radius 2 is 1.71 bits per heavy atom. The summed E-state index contributed by atoms with van der Waals surface area (Å²) in [5.74, 6) is -1.24. The maximum absolute atomic E-state index is 12.9. The van der Waals surface area contributed by atoms with Gasteiger partial charge in [0, 0.05) is 0 Å². The minimum atomic E-state index is -4.66. The minimum absolute atomic E-state index is 0.326. The van der Waals surface area contributed by atoms with Crippen molar-refractivity contribution < 1.29 is 26.0 Å². The molecule has 9 heteroatoms. The fourth-order valence-corrected chi connectivity index (χ4v) is 2.55. The Morgan fingerprint density at radius 1 is 1.05 bits per heavy atom. The molecule has 0 fully saturated rings. The molecule has 21 heavy (non-hydrogen) atoms. The van der Waals surface area contributed by atoms with Gasteiger partial charge in [-0.1, -0.05) is 12.1 Å². The zero-order chi connectivity index (χ0) is 15.7. The van der Waals surface area contributed by atoms with Crippen LogP contribution < -0.4 is 4.72 Å². The summed E-state index contributed by atoms with van der Waals surface area (Å²) in [6, 6.07) is 6.59. The van der Waals surface area contributed by atoms with Crippen LogP contribution in [0.1, 0.15) is 5.56 Å². The monoisotopic (exact) mass is 320 g/mol. The van der Waals surface area contributed by atoms with Crippen LogP contribution in [-0.2, 0) is 16.2 Å². The van der Waals surface area contributed by atoms with Crippen molar-refractivity contribution in [3.63, 3.8) is 0 Å². The van der Waals surface area contributed by atoms with Crippen molar-refractivity contribution in [1.82, 2.24) is 4.98 Å². The second-order valence-electron chi connectivity index (χ2n) is 3.98. The highest BCUT2D eigenvalue weighted by Crippen LogP contribution is 2.30. The Balaban J connectivity index is 2.36. The number of pyridine rings is 1. The molecular weight excluding hydrogens is 312 g/mol. The Kier molecular flexibility index (Phi) is 3.86. The van der Waals surface area contributed by atoms with E-state index in [1.54, 1.807) is 0 Å². The van der Waals surface area contributed by atoms with E-state index >= 15 is 0 Å². The summed E-state index contributed by atoms with van der Waals surface area (Å²) < 4.78 is 76.4. The summed E-state index contributed by atoms with van der Waals surface area (Å²) in [6.07, 6.45) is -4.66. The molecule has 0 amide bonds. The van der Waals surface area contributed by atoms with Crippen molar-refractivity contribution >= 4 is 15.8 Å². The summed E-state index contributed by atoms with van der Waals surface area (Å²) in [6.45, 7) is 0.